The molecule has 1 atom stereocenters. The van der Waals surface area contributed by atoms with Crippen molar-refractivity contribution in [1.29, 1.82) is 0 Å². The molecule has 0 heterocycles. The minimum Gasteiger partial charge on any atom is -0.239 e. The van der Waals surface area contributed by atoms with E-state index in [-0.39, 0.29) is 0 Å². The van der Waals surface area contributed by atoms with E-state index in [1.54, 1.807) is 0 Å². The Morgan fingerprint density at radius 3 is 2.00 bits per heavy atom. The molecule has 0 bridgehead atoms. The summed E-state index contributed by atoms with van der Waals surface area (Å²) in [7, 11) is -5.31. The maximum absolute atomic E-state index is 11.1. The fourth-order valence-corrected chi connectivity index (χ4v) is 2.60. The van der Waals surface area contributed by atoms with Crippen LogP contribution in [0.3, 0.4) is 0 Å². The van der Waals surface area contributed by atoms with E-state index in [1.807, 2.05) is 19.6 Å². The molecule has 0 saturated heterocycles. The van der Waals surface area contributed by atoms with Crippen LogP contribution in [0, 0.1) is 0 Å². The molecule has 0 aliphatic carbocycles. The second kappa shape index (κ2) is 6.95. The van der Waals surface area contributed by atoms with Crippen molar-refractivity contribution in [2.75, 3.05) is 6.61 Å². The number of hydrogen-bond acceptors (Lipinski definition) is 5. The van der Waals surface area contributed by atoms with Crippen molar-refractivity contribution in [2.45, 2.75) is 45.3 Å². The minimum absolute atomic E-state index is 0.438. The van der Waals surface area contributed by atoms with E-state index in [1.165, 1.54) is 0 Å². The van der Waals surface area contributed by atoms with Crippen LogP contribution in [-0.2, 0) is 23.4 Å². The molecule has 0 spiro atoms. The van der Waals surface area contributed by atoms with Gasteiger partial charge in [0.2, 0.25) is 8.32 Å². The Kier molecular flexibility index (Phi) is 7.12. The maximum Gasteiger partial charge on any atom is 0.758 e. The van der Waals surface area contributed by atoms with Crippen LogP contribution in [0.25, 0.3) is 0 Å². The van der Waals surface area contributed by atoms with Crippen LogP contribution in [0.4, 0.5) is 0 Å². The molecule has 1 unspecified atom stereocenters. The first kappa shape index (κ1) is 16.4. The molecule has 0 aromatic heterocycles. The third-order valence-corrected chi connectivity index (χ3v) is 4.25. The standard InChI is InChI=1S/C8H22O5PSi2/c1-15(2,3)8-7-10-11-14(9)12-13-16(4,5)6/h7-8H2,1-6H3/q+1. The van der Waals surface area contributed by atoms with Crippen molar-refractivity contribution < 1.29 is 23.4 Å². The molecule has 0 aliphatic heterocycles. The van der Waals surface area contributed by atoms with Gasteiger partial charge in [0.05, 0.1) is 11.3 Å². The van der Waals surface area contributed by atoms with Gasteiger partial charge >= 0.3 is 8.25 Å². The second-order valence-electron chi connectivity index (χ2n) is 5.70. The van der Waals surface area contributed by atoms with Crippen LogP contribution < -0.4 is 0 Å². The van der Waals surface area contributed by atoms with Crippen molar-refractivity contribution in [3.05, 3.63) is 0 Å². The first-order valence-electron chi connectivity index (χ1n) is 5.23. The third kappa shape index (κ3) is 12.4. The SMILES string of the molecule is C[Si](C)(C)CCOO[P+](=O)OO[Si](C)(C)C. The summed E-state index contributed by atoms with van der Waals surface area (Å²) in [4.78, 5) is 4.80. The van der Waals surface area contributed by atoms with Crippen molar-refractivity contribution >= 4 is 24.6 Å². The lowest BCUT2D eigenvalue weighted by Gasteiger charge is -2.12. The predicted molar refractivity (Wildman–Crippen MR) is 68.3 cm³/mol. The van der Waals surface area contributed by atoms with Gasteiger partial charge < -0.3 is 0 Å². The maximum atomic E-state index is 11.1. The summed E-state index contributed by atoms with van der Waals surface area (Å²) in [6.07, 6.45) is 0. The summed E-state index contributed by atoms with van der Waals surface area (Å²) < 4.78 is 25.2. The zero-order valence-electron chi connectivity index (χ0n) is 10.9. The van der Waals surface area contributed by atoms with Gasteiger partial charge in [-0.15, -0.1) is 0 Å². The molecule has 8 heteroatoms. The van der Waals surface area contributed by atoms with Gasteiger partial charge in [0.25, 0.3) is 0 Å². The molecule has 0 aromatic carbocycles. The molecule has 0 amide bonds. The molecule has 0 aliphatic rings. The summed E-state index contributed by atoms with van der Waals surface area (Å²) in [6.45, 7) is 12.9. The molecule has 0 aromatic rings. The van der Waals surface area contributed by atoms with Gasteiger partial charge in [-0.05, 0) is 25.7 Å². The molecule has 0 radical (unpaired) electrons. The van der Waals surface area contributed by atoms with Gasteiger partial charge in [0.15, 0.2) is 0 Å². The van der Waals surface area contributed by atoms with E-state index in [0.717, 1.165) is 6.04 Å². The lowest BCUT2D eigenvalue weighted by Crippen LogP contribution is -2.24. The first-order valence-corrected chi connectivity index (χ1v) is 13.4. The molecule has 0 rings (SSSR count). The highest BCUT2D eigenvalue weighted by Gasteiger charge is 2.29. The molecule has 0 N–H and O–H groups in total. The molecule has 16 heavy (non-hydrogen) atoms. The van der Waals surface area contributed by atoms with Gasteiger partial charge in [0.1, 0.15) is 0 Å². The summed E-state index contributed by atoms with van der Waals surface area (Å²) in [5.74, 6) is 0. The van der Waals surface area contributed by atoms with E-state index in [2.05, 4.69) is 29.0 Å². The fraction of sp³-hybridized carbons (Fsp3) is 1.00. The average molecular weight is 285 g/mol. The number of rotatable bonds is 8. The molecular formula is C8H22O5PSi2+. The largest absolute Gasteiger partial charge is 0.758 e. The summed E-state index contributed by atoms with van der Waals surface area (Å²) in [5, 5.41) is 0. The summed E-state index contributed by atoms with van der Waals surface area (Å²) in [6, 6.07) is 0.949. The van der Waals surface area contributed by atoms with E-state index < -0.39 is 24.6 Å². The highest BCUT2D eigenvalue weighted by Crippen LogP contribution is 2.26. The normalized spacial score (nSPS) is 14.0. The van der Waals surface area contributed by atoms with Crippen molar-refractivity contribution in [3.8, 4) is 0 Å². The van der Waals surface area contributed by atoms with Crippen molar-refractivity contribution in [2.24, 2.45) is 0 Å². The molecule has 0 fully saturated rings. The van der Waals surface area contributed by atoms with E-state index in [9.17, 15) is 4.57 Å². The first-order chi connectivity index (χ1) is 7.10. The lowest BCUT2D eigenvalue weighted by molar-refractivity contribution is -0.228. The van der Waals surface area contributed by atoms with E-state index in [0.29, 0.717) is 6.61 Å². The van der Waals surface area contributed by atoms with Crippen LogP contribution >= 0.6 is 8.25 Å². The Hall–Kier alpha value is 0.374. The molecule has 5 nitrogen and oxygen atoms in total. The van der Waals surface area contributed by atoms with Crippen molar-refractivity contribution in [3.63, 3.8) is 0 Å². The molecular weight excluding hydrogens is 263 g/mol. The van der Waals surface area contributed by atoms with Gasteiger partial charge in [-0.2, -0.15) is 4.89 Å². The number of hydrogen-bond donors (Lipinski definition) is 0. The van der Waals surface area contributed by atoms with Crippen LogP contribution in [0.2, 0.25) is 45.3 Å². The second-order valence-corrected chi connectivity index (χ2v) is 16.5. The smallest absolute Gasteiger partial charge is 0.239 e. The summed E-state index contributed by atoms with van der Waals surface area (Å²) in [5.41, 5.74) is 0. The third-order valence-electron chi connectivity index (χ3n) is 1.40. The van der Waals surface area contributed by atoms with E-state index in [4.69, 9.17) is 9.46 Å². The van der Waals surface area contributed by atoms with Crippen LogP contribution in [0.5, 0.6) is 0 Å². The zero-order chi connectivity index (χ0) is 12.8. The average Bonchev–Trinajstić information content (AvgIpc) is 2.06. The van der Waals surface area contributed by atoms with E-state index >= 15 is 0 Å². The monoisotopic (exact) mass is 285 g/mol. The minimum atomic E-state index is -2.34. The quantitative estimate of drug-likeness (QED) is 0.224. The highest BCUT2D eigenvalue weighted by atomic mass is 31.1. The molecule has 0 saturated carbocycles. The lowest BCUT2D eigenvalue weighted by atomic mass is 10.9. The zero-order valence-corrected chi connectivity index (χ0v) is 13.8. The van der Waals surface area contributed by atoms with Gasteiger partial charge in [-0.25, -0.2) is 4.58 Å². The predicted octanol–water partition coefficient (Wildman–Crippen LogP) is 3.71. The Morgan fingerprint density at radius 1 is 1.00 bits per heavy atom. The van der Waals surface area contributed by atoms with Crippen molar-refractivity contribution in [1.82, 2.24) is 0 Å². The highest BCUT2D eigenvalue weighted by molar-refractivity contribution is 7.33. The topological polar surface area (TPSA) is 54.0 Å². The summed E-state index contributed by atoms with van der Waals surface area (Å²) >= 11 is 0. The Morgan fingerprint density at radius 2 is 1.56 bits per heavy atom. The van der Waals surface area contributed by atoms with Crippen LogP contribution in [0.15, 0.2) is 0 Å². The van der Waals surface area contributed by atoms with Crippen LogP contribution in [0.1, 0.15) is 0 Å². The Labute approximate surface area is 100 Å². The van der Waals surface area contributed by atoms with Gasteiger partial charge in [-0.1, -0.05) is 19.6 Å². The Bertz CT molecular complexity index is 223. The Balaban J connectivity index is 3.52. The van der Waals surface area contributed by atoms with Gasteiger partial charge in [0, 0.05) is 17.3 Å². The molecule has 96 valence electrons. The van der Waals surface area contributed by atoms with Crippen LogP contribution in [-0.4, -0.2) is 23.0 Å². The van der Waals surface area contributed by atoms with Gasteiger partial charge in [-0.3, -0.25) is 0 Å². The fourth-order valence-electron chi connectivity index (χ4n) is 0.583.